The first-order valence-electron chi connectivity index (χ1n) is 6.25. The number of rotatable bonds is 4. The summed E-state index contributed by atoms with van der Waals surface area (Å²) in [7, 11) is 0. The first kappa shape index (κ1) is 15.1. The third-order valence-electron chi connectivity index (χ3n) is 3.09. The summed E-state index contributed by atoms with van der Waals surface area (Å²) in [6, 6.07) is 10.6. The van der Waals surface area contributed by atoms with E-state index in [9.17, 15) is 18.0 Å². The summed E-state index contributed by atoms with van der Waals surface area (Å²) >= 11 is 0. The number of aldehydes is 1. The Kier molecular flexibility index (Phi) is 4.31. The highest BCUT2D eigenvalue weighted by Crippen LogP contribution is 2.37. The molecule has 0 saturated carbocycles. The Morgan fingerprint density at radius 3 is 2.48 bits per heavy atom. The molecular formula is C16H13F3O2. The molecule has 2 nitrogen and oxygen atoms in total. The molecule has 21 heavy (non-hydrogen) atoms. The van der Waals surface area contributed by atoms with Crippen molar-refractivity contribution in [2.45, 2.75) is 19.7 Å². The lowest BCUT2D eigenvalue weighted by Gasteiger charge is -2.15. The number of aryl methyl sites for hydroxylation is 1. The maximum absolute atomic E-state index is 13.0. The average molecular weight is 294 g/mol. The second kappa shape index (κ2) is 5.99. The Hall–Kier alpha value is -2.30. The third kappa shape index (κ3) is 3.62. The van der Waals surface area contributed by atoms with Crippen molar-refractivity contribution in [2.24, 2.45) is 0 Å². The van der Waals surface area contributed by atoms with Crippen LogP contribution in [0.25, 0.3) is 0 Å². The van der Waals surface area contributed by atoms with E-state index < -0.39 is 11.7 Å². The second-order valence-corrected chi connectivity index (χ2v) is 4.59. The predicted molar refractivity (Wildman–Crippen MR) is 72.3 cm³/mol. The van der Waals surface area contributed by atoms with Crippen LogP contribution in [0.2, 0.25) is 0 Å². The van der Waals surface area contributed by atoms with Crippen LogP contribution in [0, 0.1) is 6.92 Å². The maximum Gasteiger partial charge on any atom is 0.419 e. The van der Waals surface area contributed by atoms with Crippen LogP contribution < -0.4 is 4.74 Å². The lowest BCUT2D eigenvalue weighted by Crippen LogP contribution is -2.10. The smallest absolute Gasteiger partial charge is 0.419 e. The second-order valence-electron chi connectivity index (χ2n) is 4.59. The lowest BCUT2D eigenvalue weighted by molar-refractivity contribution is -0.139. The van der Waals surface area contributed by atoms with Crippen LogP contribution >= 0.6 is 0 Å². The van der Waals surface area contributed by atoms with Crippen LogP contribution in [-0.2, 0) is 12.8 Å². The van der Waals surface area contributed by atoms with Gasteiger partial charge in [-0.25, -0.2) is 0 Å². The van der Waals surface area contributed by atoms with Gasteiger partial charge in [0.05, 0.1) is 5.56 Å². The summed E-state index contributed by atoms with van der Waals surface area (Å²) in [5.41, 5.74) is 0.770. The van der Waals surface area contributed by atoms with Gasteiger partial charge in [0.15, 0.2) is 0 Å². The molecule has 0 saturated heterocycles. The van der Waals surface area contributed by atoms with Crippen LogP contribution in [0.4, 0.5) is 13.2 Å². The molecule has 0 atom stereocenters. The van der Waals surface area contributed by atoms with Gasteiger partial charge in [0.1, 0.15) is 18.6 Å². The van der Waals surface area contributed by atoms with E-state index in [0.717, 1.165) is 17.2 Å². The molecule has 2 aromatic carbocycles. The molecule has 0 N–H and O–H groups in total. The molecule has 2 rings (SSSR count). The van der Waals surface area contributed by atoms with E-state index in [-0.39, 0.29) is 17.9 Å². The van der Waals surface area contributed by atoms with E-state index in [1.54, 1.807) is 12.1 Å². The molecule has 0 aliphatic heterocycles. The molecule has 0 fully saturated rings. The summed E-state index contributed by atoms with van der Waals surface area (Å²) in [5.74, 6) is -0.281. The first-order chi connectivity index (χ1) is 9.91. The Morgan fingerprint density at radius 1 is 1.14 bits per heavy atom. The van der Waals surface area contributed by atoms with Gasteiger partial charge in [-0.1, -0.05) is 24.3 Å². The van der Waals surface area contributed by atoms with Crippen LogP contribution in [0.5, 0.6) is 5.75 Å². The number of ether oxygens (including phenoxy) is 1. The van der Waals surface area contributed by atoms with Gasteiger partial charge >= 0.3 is 6.18 Å². The monoisotopic (exact) mass is 294 g/mol. The summed E-state index contributed by atoms with van der Waals surface area (Å²) in [5, 5.41) is 0. The number of hydrogen-bond acceptors (Lipinski definition) is 2. The van der Waals surface area contributed by atoms with E-state index in [0.29, 0.717) is 6.29 Å². The number of alkyl halides is 3. The minimum absolute atomic E-state index is 0.0365. The molecule has 110 valence electrons. The summed E-state index contributed by atoms with van der Waals surface area (Å²) in [6.45, 7) is 1.90. The molecule has 0 radical (unpaired) electrons. The minimum Gasteiger partial charge on any atom is -0.488 e. The number of halogens is 3. The molecule has 0 aliphatic rings. The summed E-state index contributed by atoms with van der Waals surface area (Å²) in [4.78, 5) is 10.6. The van der Waals surface area contributed by atoms with Crippen molar-refractivity contribution in [1.82, 2.24) is 0 Å². The maximum atomic E-state index is 13.0. The zero-order chi connectivity index (χ0) is 15.5. The Labute approximate surface area is 120 Å². The molecule has 0 aromatic heterocycles. The standard InChI is InChI=1S/C16H13F3O2/c1-11-4-2-3-5-13(11)10-21-15-7-6-12(9-20)8-14(15)16(17,18)19/h2-9H,10H2,1H3. The van der Waals surface area contributed by atoms with Crippen molar-refractivity contribution in [3.63, 3.8) is 0 Å². The fourth-order valence-corrected chi connectivity index (χ4v) is 1.90. The zero-order valence-electron chi connectivity index (χ0n) is 11.3. The largest absolute Gasteiger partial charge is 0.488 e. The lowest BCUT2D eigenvalue weighted by atomic mass is 10.1. The van der Waals surface area contributed by atoms with Crippen molar-refractivity contribution >= 4 is 6.29 Å². The highest BCUT2D eigenvalue weighted by atomic mass is 19.4. The average Bonchev–Trinajstić information content (AvgIpc) is 2.45. The Morgan fingerprint density at radius 2 is 1.86 bits per heavy atom. The van der Waals surface area contributed by atoms with Crippen molar-refractivity contribution in [2.75, 3.05) is 0 Å². The van der Waals surface area contributed by atoms with Gasteiger partial charge in [0.25, 0.3) is 0 Å². The topological polar surface area (TPSA) is 26.3 Å². The van der Waals surface area contributed by atoms with Gasteiger partial charge in [0, 0.05) is 5.56 Å². The zero-order valence-corrected chi connectivity index (χ0v) is 11.3. The number of hydrogen-bond donors (Lipinski definition) is 0. The van der Waals surface area contributed by atoms with E-state index >= 15 is 0 Å². The molecule has 0 aliphatic carbocycles. The predicted octanol–water partition coefficient (Wildman–Crippen LogP) is 4.41. The quantitative estimate of drug-likeness (QED) is 0.781. The van der Waals surface area contributed by atoms with Gasteiger partial charge in [0.2, 0.25) is 0 Å². The number of benzene rings is 2. The van der Waals surface area contributed by atoms with Crippen molar-refractivity contribution in [3.05, 3.63) is 64.7 Å². The van der Waals surface area contributed by atoms with Gasteiger partial charge < -0.3 is 4.74 Å². The molecule has 0 spiro atoms. The van der Waals surface area contributed by atoms with Crippen molar-refractivity contribution in [3.8, 4) is 5.75 Å². The Bertz CT molecular complexity index is 648. The van der Waals surface area contributed by atoms with Crippen molar-refractivity contribution < 1.29 is 22.7 Å². The molecule has 0 bridgehead atoms. The molecule has 0 amide bonds. The molecule has 2 aromatic rings. The fraction of sp³-hybridized carbons (Fsp3) is 0.188. The van der Waals surface area contributed by atoms with Crippen LogP contribution in [0.1, 0.15) is 27.0 Å². The van der Waals surface area contributed by atoms with E-state index in [4.69, 9.17) is 4.74 Å². The van der Waals surface area contributed by atoms with Crippen LogP contribution in [0.15, 0.2) is 42.5 Å². The van der Waals surface area contributed by atoms with Crippen molar-refractivity contribution in [1.29, 1.82) is 0 Å². The molecule has 0 unspecified atom stereocenters. The van der Waals surface area contributed by atoms with Gasteiger partial charge in [-0.05, 0) is 36.2 Å². The minimum atomic E-state index is -4.57. The molecule has 0 heterocycles. The first-order valence-corrected chi connectivity index (χ1v) is 6.25. The molecule has 5 heteroatoms. The van der Waals surface area contributed by atoms with E-state index in [1.807, 2.05) is 19.1 Å². The van der Waals surface area contributed by atoms with Crippen LogP contribution in [-0.4, -0.2) is 6.29 Å². The normalized spacial score (nSPS) is 11.2. The van der Waals surface area contributed by atoms with E-state index in [2.05, 4.69) is 0 Å². The van der Waals surface area contributed by atoms with E-state index in [1.165, 1.54) is 12.1 Å². The van der Waals surface area contributed by atoms with Gasteiger partial charge in [-0.3, -0.25) is 4.79 Å². The summed E-state index contributed by atoms with van der Waals surface area (Å²) < 4.78 is 44.2. The van der Waals surface area contributed by atoms with Gasteiger partial charge in [-0.2, -0.15) is 13.2 Å². The number of carbonyl (C=O) groups excluding carboxylic acids is 1. The third-order valence-corrected chi connectivity index (χ3v) is 3.09. The summed E-state index contributed by atoms with van der Waals surface area (Å²) in [6.07, 6.45) is -4.19. The SMILES string of the molecule is Cc1ccccc1COc1ccc(C=O)cc1C(F)(F)F. The number of carbonyl (C=O) groups is 1. The molecular weight excluding hydrogens is 281 g/mol. The van der Waals surface area contributed by atoms with Gasteiger partial charge in [-0.15, -0.1) is 0 Å². The fourth-order valence-electron chi connectivity index (χ4n) is 1.90. The van der Waals surface area contributed by atoms with Crippen LogP contribution in [0.3, 0.4) is 0 Å². The highest BCUT2D eigenvalue weighted by Gasteiger charge is 2.34. The highest BCUT2D eigenvalue weighted by molar-refractivity contribution is 5.75. The Balaban J connectivity index is 2.28.